The summed E-state index contributed by atoms with van der Waals surface area (Å²) in [4.78, 5) is 24.5. The Balaban J connectivity index is 2.48. The molecule has 0 unspecified atom stereocenters. The molecule has 10 heteroatoms. The van der Waals surface area contributed by atoms with Gasteiger partial charge in [0, 0.05) is 18.5 Å². The Morgan fingerprint density at radius 3 is 2.40 bits per heavy atom. The van der Waals surface area contributed by atoms with E-state index in [4.69, 9.17) is 16.0 Å². The highest BCUT2D eigenvalue weighted by Crippen LogP contribution is 2.33. The van der Waals surface area contributed by atoms with Gasteiger partial charge < -0.3 is 4.42 Å². The summed E-state index contributed by atoms with van der Waals surface area (Å²) in [5.41, 5.74) is -4.95. The van der Waals surface area contributed by atoms with Crippen LogP contribution in [0.2, 0.25) is 5.02 Å². The van der Waals surface area contributed by atoms with Crippen LogP contribution >= 0.6 is 11.6 Å². The molecule has 0 aliphatic carbocycles. The summed E-state index contributed by atoms with van der Waals surface area (Å²) in [5.74, 6) is -0.758. The number of furan rings is 1. The molecule has 1 aromatic carbocycles. The number of fused-ring (bicyclic) bond motifs is 1. The first-order chi connectivity index (χ1) is 11.5. The molecular formula is C15H9ClF4N2O3. The topological polar surface area (TPSA) is 57.1 Å². The number of aryl methyl sites for hydroxylation is 1. The van der Waals surface area contributed by atoms with Gasteiger partial charge in [-0.2, -0.15) is 13.2 Å². The summed E-state index contributed by atoms with van der Waals surface area (Å²) in [5, 5.41) is 0.203. The SMILES string of the molecule is Cc1cc2c(Cl)cc(F)c(-n3c(=O)cc(C(F)(F)F)n(C)c3=O)c2o1. The molecule has 0 saturated heterocycles. The molecule has 0 radical (unpaired) electrons. The second kappa shape index (κ2) is 5.48. The molecule has 0 aliphatic heterocycles. The molecule has 2 aromatic heterocycles. The molecule has 3 aromatic rings. The van der Waals surface area contributed by atoms with Crippen molar-refractivity contribution in [1.82, 2.24) is 9.13 Å². The predicted octanol–water partition coefficient (Wildman–Crippen LogP) is 3.40. The van der Waals surface area contributed by atoms with Crippen LogP contribution in [0.25, 0.3) is 16.7 Å². The quantitative estimate of drug-likeness (QED) is 0.612. The molecule has 0 N–H and O–H groups in total. The van der Waals surface area contributed by atoms with Crippen LogP contribution < -0.4 is 11.2 Å². The minimum absolute atomic E-state index is 0.0233. The van der Waals surface area contributed by atoms with Crippen molar-refractivity contribution in [2.45, 2.75) is 13.1 Å². The van der Waals surface area contributed by atoms with E-state index in [0.717, 1.165) is 13.1 Å². The van der Waals surface area contributed by atoms with Gasteiger partial charge in [0.2, 0.25) is 0 Å². The average molecular weight is 377 g/mol. The number of halogens is 5. The lowest BCUT2D eigenvalue weighted by atomic mass is 10.2. The summed E-state index contributed by atoms with van der Waals surface area (Å²) in [6.45, 7) is 1.53. The smallest absolute Gasteiger partial charge is 0.431 e. The molecule has 25 heavy (non-hydrogen) atoms. The number of alkyl halides is 3. The van der Waals surface area contributed by atoms with E-state index >= 15 is 0 Å². The van der Waals surface area contributed by atoms with E-state index in [1.807, 2.05) is 0 Å². The Kier molecular flexibility index (Phi) is 3.79. The molecule has 3 rings (SSSR count). The largest absolute Gasteiger partial charge is 0.459 e. The molecule has 5 nitrogen and oxygen atoms in total. The predicted molar refractivity (Wildman–Crippen MR) is 81.8 cm³/mol. The molecule has 132 valence electrons. The molecule has 0 atom stereocenters. The van der Waals surface area contributed by atoms with Crippen molar-refractivity contribution in [3.05, 3.63) is 61.3 Å². The summed E-state index contributed by atoms with van der Waals surface area (Å²) in [6, 6.07) is 2.54. The maximum absolute atomic E-state index is 14.4. The van der Waals surface area contributed by atoms with E-state index in [2.05, 4.69) is 0 Å². The third-order valence-corrected chi connectivity index (χ3v) is 3.95. The zero-order chi connectivity index (χ0) is 18.7. The normalized spacial score (nSPS) is 12.1. The highest BCUT2D eigenvalue weighted by molar-refractivity contribution is 6.35. The maximum Gasteiger partial charge on any atom is 0.431 e. The van der Waals surface area contributed by atoms with Crippen LogP contribution in [0.15, 0.2) is 32.2 Å². The van der Waals surface area contributed by atoms with E-state index < -0.39 is 34.6 Å². The van der Waals surface area contributed by atoms with E-state index in [9.17, 15) is 27.2 Å². The molecule has 2 heterocycles. The molecule has 0 fully saturated rings. The van der Waals surface area contributed by atoms with E-state index in [1.165, 1.54) is 13.0 Å². The first-order valence-corrected chi connectivity index (χ1v) is 7.19. The molecule has 0 bridgehead atoms. The van der Waals surface area contributed by atoms with Crippen molar-refractivity contribution in [3.8, 4) is 5.69 Å². The zero-order valence-electron chi connectivity index (χ0n) is 12.7. The number of nitrogens with zero attached hydrogens (tertiary/aromatic N) is 2. The summed E-state index contributed by atoms with van der Waals surface area (Å²) < 4.78 is 59.0. The highest BCUT2D eigenvalue weighted by atomic mass is 35.5. The second-order valence-corrected chi connectivity index (χ2v) is 5.74. The fraction of sp³-hybridized carbons (Fsp3) is 0.200. The molecule has 0 amide bonds. The lowest BCUT2D eigenvalue weighted by molar-refractivity contribution is -0.144. The van der Waals surface area contributed by atoms with E-state index in [0.29, 0.717) is 5.76 Å². The van der Waals surface area contributed by atoms with Gasteiger partial charge in [-0.25, -0.2) is 13.8 Å². The number of hydrogen-bond acceptors (Lipinski definition) is 3. The standard InChI is InChI=1S/C15H9ClF4N2O3/c1-6-3-7-8(16)4-9(17)12(13(7)25-6)22-11(23)5-10(15(18,19)20)21(2)14(22)24/h3-5H,1-2H3. The van der Waals surface area contributed by atoms with E-state index in [1.54, 1.807) is 0 Å². The Hall–Kier alpha value is -2.55. The number of aromatic nitrogens is 2. The first-order valence-electron chi connectivity index (χ1n) is 6.81. The van der Waals surface area contributed by atoms with Gasteiger partial charge >= 0.3 is 11.9 Å². The van der Waals surface area contributed by atoms with E-state index in [-0.39, 0.29) is 31.2 Å². The number of hydrogen-bond donors (Lipinski definition) is 0. The van der Waals surface area contributed by atoms with Crippen molar-refractivity contribution in [1.29, 1.82) is 0 Å². The number of benzene rings is 1. The van der Waals surface area contributed by atoms with Gasteiger partial charge in [0.25, 0.3) is 5.56 Å². The van der Waals surface area contributed by atoms with Crippen molar-refractivity contribution < 1.29 is 22.0 Å². The minimum atomic E-state index is -4.92. The highest BCUT2D eigenvalue weighted by Gasteiger charge is 2.35. The fourth-order valence-corrected chi connectivity index (χ4v) is 2.78. The lowest BCUT2D eigenvalue weighted by Crippen LogP contribution is -2.41. The molecule has 0 saturated carbocycles. The fourth-order valence-electron chi connectivity index (χ4n) is 2.55. The van der Waals surface area contributed by atoms with Crippen molar-refractivity contribution in [3.63, 3.8) is 0 Å². The van der Waals surface area contributed by atoms with Gasteiger partial charge in [-0.05, 0) is 19.1 Å². The van der Waals surface area contributed by atoms with Crippen molar-refractivity contribution in [2.24, 2.45) is 7.05 Å². The van der Waals surface area contributed by atoms with Gasteiger partial charge in [-0.15, -0.1) is 0 Å². The first kappa shape index (κ1) is 17.3. The average Bonchev–Trinajstić information content (AvgIpc) is 2.87. The summed E-state index contributed by atoms with van der Waals surface area (Å²) in [6.07, 6.45) is -4.92. The van der Waals surface area contributed by atoms with Gasteiger partial charge in [0.05, 0.1) is 5.02 Å². The maximum atomic E-state index is 14.4. The molecular weight excluding hydrogens is 368 g/mol. The third-order valence-electron chi connectivity index (χ3n) is 3.64. The van der Waals surface area contributed by atoms with Gasteiger partial charge in [0.1, 0.15) is 17.1 Å². The Morgan fingerprint density at radius 1 is 1.16 bits per heavy atom. The van der Waals surface area contributed by atoms with Crippen molar-refractivity contribution in [2.75, 3.05) is 0 Å². The third kappa shape index (κ3) is 2.64. The second-order valence-electron chi connectivity index (χ2n) is 5.33. The van der Waals surface area contributed by atoms with Gasteiger partial charge in [-0.3, -0.25) is 9.36 Å². The Bertz CT molecular complexity index is 1120. The van der Waals surface area contributed by atoms with Gasteiger partial charge in [0.15, 0.2) is 11.4 Å². The Morgan fingerprint density at radius 2 is 1.80 bits per heavy atom. The molecule has 0 spiro atoms. The van der Waals surface area contributed by atoms with Crippen LogP contribution in [0.5, 0.6) is 0 Å². The van der Waals surface area contributed by atoms with Crippen LogP contribution in [0.1, 0.15) is 11.5 Å². The van der Waals surface area contributed by atoms with Gasteiger partial charge in [-0.1, -0.05) is 11.6 Å². The number of rotatable bonds is 1. The van der Waals surface area contributed by atoms with Crippen LogP contribution in [-0.2, 0) is 13.2 Å². The minimum Gasteiger partial charge on any atom is -0.459 e. The van der Waals surface area contributed by atoms with Crippen LogP contribution in [0, 0.1) is 12.7 Å². The lowest BCUT2D eigenvalue weighted by Gasteiger charge is -2.14. The van der Waals surface area contributed by atoms with Crippen LogP contribution in [0.3, 0.4) is 0 Å². The molecule has 0 aliphatic rings. The van der Waals surface area contributed by atoms with Crippen molar-refractivity contribution >= 4 is 22.6 Å². The zero-order valence-corrected chi connectivity index (χ0v) is 13.5. The van der Waals surface area contributed by atoms with Crippen LogP contribution in [-0.4, -0.2) is 9.13 Å². The summed E-state index contributed by atoms with van der Waals surface area (Å²) in [7, 11) is 0.833. The van der Waals surface area contributed by atoms with Crippen LogP contribution in [0.4, 0.5) is 17.6 Å². The monoisotopic (exact) mass is 376 g/mol. The Labute approximate surface area is 141 Å². The summed E-state index contributed by atoms with van der Waals surface area (Å²) >= 11 is 5.91.